The second-order valence-electron chi connectivity index (χ2n) is 7.54. The first-order valence-electron chi connectivity index (χ1n) is 10.5. The summed E-state index contributed by atoms with van der Waals surface area (Å²) in [7, 11) is 1.48. The summed E-state index contributed by atoms with van der Waals surface area (Å²) < 4.78 is 12.6. The van der Waals surface area contributed by atoms with Crippen molar-refractivity contribution < 1.29 is 24.1 Å². The number of ether oxygens (including phenoxy) is 2. The molecular weight excluding hydrogens is 568 g/mol. The number of hydrogen-bond donors (Lipinski definition) is 1. The number of methoxy groups -OCH3 is 1. The molecule has 1 amide bonds. The molecule has 0 saturated carbocycles. The predicted molar refractivity (Wildman–Crippen MR) is 142 cm³/mol. The number of non-ortho nitro benzene ring substituents is 2. The summed E-state index contributed by atoms with van der Waals surface area (Å²) >= 11 is 4.65. The van der Waals surface area contributed by atoms with Crippen molar-refractivity contribution in [2.24, 2.45) is 5.10 Å². The van der Waals surface area contributed by atoms with E-state index in [9.17, 15) is 25.0 Å². The molecule has 1 N–H and O–H groups in total. The first kappa shape index (κ1) is 25.7. The fourth-order valence-electron chi connectivity index (χ4n) is 3.30. The number of carbonyl (C=O) groups is 1. The quantitative estimate of drug-likeness (QED) is 0.148. The molecule has 4 rings (SSSR count). The van der Waals surface area contributed by atoms with Crippen molar-refractivity contribution in [3.05, 3.63) is 101 Å². The van der Waals surface area contributed by atoms with Gasteiger partial charge in [0.15, 0.2) is 11.5 Å². The summed E-state index contributed by atoms with van der Waals surface area (Å²) in [5.41, 5.74) is 3.75. The molecule has 1 heterocycles. The lowest BCUT2D eigenvalue weighted by Gasteiger charge is -2.13. The molecule has 11 nitrogen and oxygen atoms in total. The van der Waals surface area contributed by atoms with Gasteiger partial charge in [0.25, 0.3) is 17.3 Å². The van der Waals surface area contributed by atoms with E-state index < -0.39 is 15.8 Å². The first-order chi connectivity index (χ1) is 17.7. The van der Waals surface area contributed by atoms with E-state index in [1.165, 1.54) is 48.9 Å². The van der Waals surface area contributed by atoms with Gasteiger partial charge in [-0.1, -0.05) is 0 Å². The Bertz CT molecular complexity index is 1540. The number of benzene rings is 3. The number of thiophene rings is 1. The van der Waals surface area contributed by atoms with Gasteiger partial charge in [-0.05, 0) is 63.5 Å². The van der Waals surface area contributed by atoms with Crippen molar-refractivity contribution in [2.75, 3.05) is 7.11 Å². The SMILES string of the molecule is COc1cc(/C=N\NC(=O)c2cc3cc([N+](=O)[O-])ccc3s2)cc(Br)c1OCc1ccc([N+](=O)[O-])cc1. The molecule has 0 atom stereocenters. The molecule has 0 saturated heterocycles. The zero-order valence-corrected chi connectivity index (χ0v) is 21.4. The van der Waals surface area contributed by atoms with E-state index in [-0.39, 0.29) is 18.0 Å². The van der Waals surface area contributed by atoms with Crippen molar-refractivity contribution in [2.45, 2.75) is 6.61 Å². The van der Waals surface area contributed by atoms with Crippen LogP contribution in [0.5, 0.6) is 11.5 Å². The van der Waals surface area contributed by atoms with Crippen LogP contribution in [-0.4, -0.2) is 29.1 Å². The van der Waals surface area contributed by atoms with Gasteiger partial charge in [0.05, 0.1) is 32.5 Å². The molecule has 188 valence electrons. The summed E-state index contributed by atoms with van der Waals surface area (Å²) in [6.07, 6.45) is 1.43. The number of rotatable bonds is 9. The molecule has 0 bridgehead atoms. The molecular formula is C24H17BrN4O7S. The third-order valence-corrected chi connectivity index (χ3v) is 6.80. The number of nitro benzene ring substituents is 2. The van der Waals surface area contributed by atoms with E-state index in [0.29, 0.717) is 31.8 Å². The molecule has 0 fully saturated rings. The normalized spacial score (nSPS) is 11.0. The Labute approximate surface area is 221 Å². The van der Waals surface area contributed by atoms with E-state index in [1.807, 2.05) is 0 Å². The number of nitrogens with zero attached hydrogens (tertiary/aromatic N) is 3. The highest BCUT2D eigenvalue weighted by Crippen LogP contribution is 2.37. The summed E-state index contributed by atoms with van der Waals surface area (Å²) in [6, 6.07) is 15.4. The average molecular weight is 585 g/mol. The monoisotopic (exact) mass is 584 g/mol. The Hall–Kier alpha value is -4.36. The minimum atomic E-state index is -0.487. The van der Waals surface area contributed by atoms with Crippen molar-refractivity contribution in [3.8, 4) is 11.5 Å². The lowest BCUT2D eigenvalue weighted by Crippen LogP contribution is -2.16. The van der Waals surface area contributed by atoms with Crippen molar-refractivity contribution in [1.29, 1.82) is 0 Å². The predicted octanol–water partition coefficient (Wildman–Crippen LogP) is 5.83. The first-order valence-corrected chi connectivity index (χ1v) is 12.1. The van der Waals surface area contributed by atoms with Gasteiger partial charge in [0, 0.05) is 34.4 Å². The Kier molecular flexibility index (Phi) is 7.74. The van der Waals surface area contributed by atoms with E-state index >= 15 is 0 Å². The van der Waals surface area contributed by atoms with Crippen LogP contribution < -0.4 is 14.9 Å². The molecule has 0 radical (unpaired) electrons. The number of fused-ring (bicyclic) bond motifs is 1. The molecule has 0 aliphatic carbocycles. The molecule has 3 aromatic carbocycles. The van der Waals surface area contributed by atoms with Gasteiger partial charge in [-0.3, -0.25) is 25.0 Å². The minimum absolute atomic E-state index is 0.00503. The van der Waals surface area contributed by atoms with Gasteiger partial charge in [-0.2, -0.15) is 5.10 Å². The summed E-state index contributed by atoms with van der Waals surface area (Å²) in [4.78, 5) is 33.7. The van der Waals surface area contributed by atoms with E-state index in [4.69, 9.17) is 9.47 Å². The fraction of sp³-hybridized carbons (Fsp3) is 0.0833. The molecule has 0 aliphatic heterocycles. The highest BCUT2D eigenvalue weighted by atomic mass is 79.9. The molecule has 0 aliphatic rings. The Balaban J connectivity index is 1.43. The third kappa shape index (κ3) is 6.08. The highest BCUT2D eigenvalue weighted by Gasteiger charge is 2.14. The molecule has 37 heavy (non-hydrogen) atoms. The third-order valence-electron chi connectivity index (χ3n) is 5.10. The Morgan fingerprint density at radius 2 is 1.76 bits per heavy atom. The number of halogens is 1. The smallest absolute Gasteiger partial charge is 0.281 e. The summed E-state index contributed by atoms with van der Waals surface area (Å²) in [5.74, 6) is 0.394. The second kappa shape index (κ2) is 11.1. The number of carbonyl (C=O) groups excluding carboxylic acids is 1. The van der Waals surface area contributed by atoms with Crippen LogP contribution in [0.4, 0.5) is 11.4 Å². The number of nitro groups is 2. The zero-order valence-electron chi connectivity index (χ0n) is 19.0. The average Bonchev–Trinajstić information content (AvgIpc) is 3.31. The lowest BCUT2D eigenvalue weighted by atomic mass is 10.2. The Morgan fingerprint density at radius 1 is 1.05 bits per heavy atom. The number of hydrogen-bond acceptors (Lipinski definition) is 9. The second-order valence-corrected chi connectivity index (χ2v) is 9.47. The Morgan fingerprint density at radius 3 is 2.43 bits per heavy atom. The van der Waals surface area contributed by atoms with Gasteiger partial charge in [0.2, 0.25) is 0 Å². The fourth-order valence-corrected chi connectivity index (χ4v) is 4.81. The molecule has 13 heteroatoms. The van der Waals surface area contributed by atoms with Crippen LogP contribution in [0.1, 0.15) is 20.8 Å². The maximum atomic E-state index is 12.5. The largest absolute Gasteiger partial charge is 0.493 e. The molecule has 4 aromatic rings. The number of amides is 1. The van der Waals surface area contributed by atoms with Crippen LogP contribution in [0.2, 0.25) is 0 Å². The van der Waals surface area contributed by atoms with Gasteiger partial charge in [-0.15, -0.1) is 11.3 Å². The van der Waals surface area contributed by atoms with Crippen molar-refractivity contribution >= 4 is 60.8 Å². The maximum Gasteiger partial charge on any atom is 0.281 e. The number of nitrogens with one attached hydrogen (secondary N) is 1. The topological polar surface area (TPSA) is 146 Å². The van der Waals surface area contributed by atoms with Crippen molar-refractivity contribution in [1.82, 2.24) is 5.43 Å². The van der Waals surface area contributed by atoms with E-state index in [0.717, 1.165) is 10.3 Å². The van der Waals surface area contributed by atoms with Crippen LogP contribution in [0.3, 0.4) is 0 Å². The van der Waals surface area contributed by atoms with Crippen LogP contribution in [0.25, 0.3) is 10.1 Å². The molecule has 0 unspecified atom stereocenters. The van der Waals surface area contributed by atoms with Crippen LogP contribution >= 0.6 is 27.3 Å². The van der Waals surface area contributed by atoms with Gasteiger partial charge < -0.3 is 9.47 Å². The minimum Gasteiger partial charge on any atom is -0.493 e. The van der Waals surface area contributed by atoms with Crippen molar-refractivity contribution in [3.63, 3.8) is 0 Å². The van der Waals surface area contributed by atoms with Crippen LogP contribution in [0, 0.1) is 20.2 Å². The van der Waals surface area contributed by atoms with Crippen LogP contribution in [-0.2, 0) is 6.61 Å². The standard InChI is InChI=1S/C24H17BrN4O7S/c1-35-20-9-15(8-19(25)23(20)36-13-14-2-4-17(5-3-14)28(31)32)12-26-27-24(30)22-11-16-10-18(29(33)34)6-7-21(16)37-22/h2-12H,13H2,1H3,(H,27,30)/b26-12-. The van der Waals surface area contributed by atoms with Crippen LogP contribution in [0.15, 0.2) is 70.2 Å². The van der Waals surface area contributed by atoms with E-state index in [1.54, 1.807) is 36.4 Å². The summed E-state index contributed by atoms with van der Waals surface area (Å²) in [6.45, 7) is 0.161. The van der Waals surface area contributed by atoms with E-state index in [2.05, 4.69) is 26.5 Å². The zero-order chi connectivity index (χ0) is 26.5. The molecule has 0 spiro atoms. The highest BCUT2D eigenvalue weighted by molar-refractivity contribution is 9.10. The van der Waals surface area contributed by atoms with Gasteiger partial charge >= 0.3 is 0 Å². The van der Waals surface area contributed by atoms with Gasteiger partial charge in [0.1, 0.15) is 6.61 Å². The maximum absolute atomic E-state index is 12.5. The molecule has 1 aromatic heterocycles. The summed E-state index contributed by atoms with van der Waals surface area (Å²) in [5, 5.41) is 26.4. The number of hydrazone groups is 1. The van der Waals surface area contributed by atoms with Gasteiger partial charge in [-0.25, -0.2) is 5.43 Å². The lowest BCUT2D eigenvalue weighted by molar-refractivity contribution is -0.385.